The number of carbonyl (C=O) groups excluding carboxylic acids is 2. The lowest BCUT2D eigenvalue weighted by molar-refractivity contribution is -0.129. The van der Waals surface area contributed by atoms with Crippen LogP contribution in [0.5, 0.6) is 0 Å². The van der Waals surface area contributed by atoms with Crippen molar-refractivity contribution in [2.45, 2.75) is 19.3 Å². The predicted octanol–water partition coefficient (Wildman–Crippen LogP) is 3.77. The number of imide groups is 1. The molecule has 2 bridgehead atoms. The van der Waals surface area contributed by atoms with Gasteiger partial charge in [0.15, 0.2) is 0 Å². The molecule has 4 saturated carbocycles. The average Bonchev–Trinajstić information content (AvgIpc) is 3.28. The topological polar surface area (TPSA) is 37.4 Å². The molecule has 1 aliphatic heterocycles. The molecule has 2 amide bonds. The van der Waals surface area contributed by atoms with Gasteiger partial charge in [-0.3, -0.25) is 9.59 Å². The van der Waals surface area contributed by atoms with Crippen molar-refractivity contribution in [2.75, 3.05) is 4.90 Å². The Morgan fingerprint density at radius 1 is 0.864 bits per heavy atom. The molecule has 5 aliphatic rings. The van der Waals surface area contributed by atoms with Crippen LogP contribution in [-0.2, 0) is 9.59 Å². The van der Waals surface area contributed by atoms with E-state index in [0.717, 1.165) is 12.8 Å². The Balaban J connectivity index is 1.57. The summed E-state index contributed by atoms with van der Waals surface area (Å²) in [6.45, 7) is 0. The number of benzene rings is 1. The first-order chi connectivity index (χ1) is 10.6. The summed E-state index contributed by atoms with van der Waals surface area (Å²) in [4.78, 5) is 27.2. The quantitative estimate of drug-likeness (QED) is 0.732. The van der Waals surface area contributed by atoms with Gasteiger partial charge in [0.25, 0.3) is 0 Å². The van der Waals surface area contributed by atoms with Gasteiger partial charge in [-0.2, -0.15) is 0 Å². The number of hydrogen-bond acceptors (Lipinski definition) is 2. The van der Waals surface area contributed by atoms with E-state index in [1.807, 2.05) is 0 Å². The number of nitrogens with zero attached hydrogens (tertiary/aromatic N) is 1. The van der Waals surface area contributed by atoms with Crippen LogP contribution in [0.1, 0.15) is 19.3 Å². The van der Waals surface area contributed by atoms with Crippen LogP contribution in [0.25, 0.3) is 0 Å². The highest BCUT2D eigenvalue weighted by Crippen LogP contribution is 2.68. The highest BCUT2D eigenvalue weighted by Gasteiger charge is 2.68. The highest BCUT2D eigenvalue weighted by molar-refractivity contribution is 6.42. The Hall–Kier alpha value is -1.06. The van der Waals surface area contributed by atoms with Crippen molar-refractivity contribution in [3.63, 3.8) is 0 Å². The molecule has 1 aromatic rings. The fourth-order valence-corrected chi connectivity index (χ4v) is 5.71. The van der Waals surface area contributed by atoms with E-state index in [1.165, 1.54) is 11.3 Å². The smallest absolute Gasteiger partial charge is 0.237 e. The van der Waals surface area contributed by atoms with Gasteiger partial charge in [-0.05, 0) is 61.1 Å². The molecule has 0 unspecified atom stereocenters. The molecule has 0 aromatic heterocycles. The first-order valence-corrected chi connectivity index (χ1v) is 8.66. The molecule has 0 N–H and O–H groups in total. The molecule has 1 aromatic carbocycles. The molecule has 5 heteroatoms. The van der Waals surface area contributed by atoms with Gasteiger partial charge in [0.2, 0.25) is 11.8 Å². The van der Waals surface area contributed by atoms with Crippen LogP contribution in [-0.4, -0.2) is 11.8 Å². The second kappa shape index (κ2) is 4.27. The molecule has 114 valence electrons. The fraction of sp³-hybridized carbons (Fsp3) is 0.529. The largest absolute Gasteiger partial charge is 0.274 e. The number of fused-ring (bicyclic) bond motifs is 1. The third-order valence-electron chi connectivity index (χ3n) is 6.31. The lowest BCUT2D eigenvalue weighted by Gasteiger charge is -2.42. The second-order valence-electron chi connectivity index (χ2n) is 7.13. The Kier molecular flexibility index (Phi) is 2.60. The van der Waals surface area contributed by atoms with Gasteiger partial charge in [-0.1, -0.05) is 23.2 Å². The van der Waals surface area contributed by atoms with Crippen LogP contribution in [0, 0.1) is 35.5 Å². The van der Waals surface area contributed by atoms with E-state index in [2.05, 4.69) is 0 Å². The highest BCUT2D eigenvalue weighted by atomic mass is 35.5. The molecule has 0 spiro atoms. The molecule has 22 heavy (non-hydrogen) atoms. The molecule has 5 fully saturated rings. The minimum atomic E-state index is -0.0931. The standard InChI is InChI=1S/C17H15Cl2NO2/c18-12-4-1-7(5-13(12)19)20-16(21)14-8-2-3-9(11-6-10(8)11)15(14)17(20)22/h1,4-5,8-11,14-15H,2-3,6H2/t8-,9+,10-,11+,14-,15+. The van der Waals surface area contributed by atoms with Gasteiger partial charge in [-0.15, -0.1) is 0 Å². The predicted molar refractivity (Wildman–Crippen MR) is 83.7 cm³/mol. The summed E-state index contributed by atoms with van der Waals surface area (Å²) in [7, 11) is 0. The monoisotopic (exact) mass is 335 g/mol. The third-order valence-corrected chi connectivity index (χ3v) is 7.05. The van der Waals surface area contributed by atoms with E-state index < -0.39 is 0 Å². The van der Waals surface area contributed by atoms with Crippen molar-refractivity contribution in [1.82, 2.24) is 0 Å². The van der Waals surface area contributed by atoms with Crippen molar-refractivity contribution >= 4 is 40.7 Å². The normalized spacial score (nSPS) is 41.6. The minimum Gasteiger partial charge on any atom is -0.274 e. The third kappa shape index (κ3) is 1.54. The van der Waals surface area contributed by atoms with Gasteiger partial charge in [0, 0.05) is 0 Å². The van der Waals surface area contributed by atoms with Crippen LogP contribution in [0.2, 0.25) is 10.0 Å². The number of rotatable bonds is 1. The van der Waals surface area contributed by atoms with Crippen LogP contribution >= 0.6 is 23.2 Å². The lowest BCUT2D eigenvalue weighted by Crippen LogP contribution is -2.43. The van der Waals surface area contributed by atoms with Gasteiger partial charge in [0.05, 0.1) is 27.6 Å². The number of halogens is 2. The van der Waals surface area contributed by atoms with Crippen LogP contribution in [0.4, 0.5) is 5.69 Å². The van der Waals surface area contributed by atoms with Crippen molar-refractivity contribution in [3.05, 3.63) is 28.2 Å². The maximum atomic E-state index is 12.9. The van der Waals surface area contributed by atoms with Gasteiger partial charge >= 0.3 is 0 Å². The number of anilines is 1. The van der Waals surface area contributed by atoms with Gasteiger partial charge in [-0.25, -0.2) is 4.90 Å². The Morgan fingerprint density at radius 3 is 2.00 bits per heavy atom. The van der Waals surface area contributed by atoms with E-state index in [4.69, 9.17) is 23.2 Å². The van der Waals surface area contributed by atoms with Crippen LogP contribution < -0.4 is 4.90 Å². The molecule has 1 heterocycles. The Labute approximate surface area is 138 Å². The first-order valence-electron chi connectivity index (χ1n) is 7.91. The maximum absolute atomic E-state index is 12.9. The molecular formula is C17H15Cl2NO2. The zero-order chi connectivity index (χ0) is 15.2. The van der Waals surface area contributed by atoms with Gasteiger partial charge in [0.1, 0.15) is 0 Å². The fourth-order valence-electron chi connectivity index (χ4n) is 5.42. The number of amides is 2. The van der Waals surface area contributed by atoms with Gasteiger partial charge < -0.3 is 0 Å². The summed E-state index contributed by atoms with van der Waals surface area (Å²) < 4.78 is 0. The Morgan fingerprint density at radius 2 is 1.45 bits per heavy atom. The first kappa shape index (κ1) is 13.4. The summed E-state index contributed by atoms with van der Waals surface area (Å²) in [5, 5.41) is 0.809. The van der Waals surface area contributed by atoms with E-state index in [9.17, 15) is 9.59 Å². The summed E-state index contributed by atoms with van der Waals surface area (Å²) >= 11 is 12.0. The molecular weight excluding hydrogens is 321 g/mol. The summed E-state index contributed by atoms with van der Waals surface area (Å²) in [6, 6.07) is 4.98. The van der Waals surface area contributed by atoms with E-state index in [-0.39, 0.29) is 23.7 Å². The average molecular weight is 336 g/mol. The molecule has 0 radical (unpaired) electrons. The molecule has 3 nitrogen and oxygen atoms in total. The van der Waals surface area contributed by atoms with E-state index in [1.54, 1.807) is 18.2 Å². The van der Waals surface area contributed by atoms with E-state index >= 15 is 0 Å². The zero-order valence-corrected chi connectivity index (χ0v) is 13.3. The van der Waals surface area contributed by atoms with Crippen molar-refractivity contribution in [2.24, 2.45) is 35.5 Å². The SMILES string of the molecule is O=C1[C@@H]2[C@@H]3CC[C@@H]([C@@H]4C[C@@H]43)[C@@H]2C(=O)N1c1ccc(Cl)c(Cl)c1. The maximum Gasteiger partial charge on any atom is 0.237 e. The molecule has 4 aliphatic carbocycles. The molecule has 6 rings (SSSR count). The molecule has 6 atom stereocenters. The summed E-state index contributed by atoms with van der Waals surface area (Å²) in [5.41, 5.74) is 0.562. The number of carbonyl (C=O) groups is 2. The molecule has 1 saturated heterocycles. The van der Waals surface area contributed by atoms with Crippen molar-refractivity contribution in [3.8, 4) is 0 Å². The van der Waals surface area contributed by atoms with Crippen LogP contribution in [0.15, 0.2) is 18.2 Å². The minimum absolute atomic E-state index is 0.0200. The lowest BCUT2D eigenvalue weighted by atomic mass is 9.59. The van der Waals surface area contributed by atoms with Crippen LogP contribution in [0.3, 0.4) is 0 Å². The number of hydrogen-bond donors (Lipinski definition) is 0. The summed E-state index contributed by atoms with van der Waals surface area (Å²) in [6.07, 6.45) is 3.46. The van der Waals surface area contributed by atoms with Crippen molar-refractivity contribution in [1.29, 1.82) is 0 Å². The van der Waals surface area contributed by atoms with Crippen molar-refractivity contribution < 1.29 is 9.59 Å². The second-order valence-corrected chi connectivity index (χ2v) is 7.94. The zero-order valence-electron chi connectivity index (χ0n) is 11.8. The van der Waals surface area contributed by atoms with E-state index in [0.29, 0.717) is 39.4 Å². The Bertz CT molecular complexity index is 685. The summed E-state index contributed by atoms with van der Waals surface area (Å²) in [5.74, 6) is 2.01.